The molecule has 0 aliphatic heterocycles. The van der Waals surface area contributed by atoms with Crippen LogP contribution in [0.5, 0.6) is 5.75 Å². The van der Waals surface area contributed by atoms with Gasteiger partial charge < -0.3 is 14.5 Å². The first-order valence-electron chi connectivity index (χ1n) is 7.42. The normalized spacial score (nSPS) is 10.5. The number of anilines is 1. The van der Waals surface area contributed by atoms with Gasteiger partial charge in [-0.2, -0.15) is 0 Å². The average molecular weight is 375 g/mol. The second-order valence-corrected chi connectivity index (χ2v) is 6.43. The number of aromatic nitrogens is 1. The van der Waals surface area contributed by atoms with E-state index in [1.165, 1.54) is 11.8 Å². The van der Waals surface area contributed by atoms with Crippen molar-refractivity contribution >= 4 is 35.0 Å². The third kappa shape index (κ3) is 4.78. The van der Waals surface area contributed by atoms with Crippen LogP contribution in [0.4, 0.5) is 5.69 Å². The molecule has 7 heteroatoms. The first-order valence-corrected chi connectivity index (χ1v) is 8.79. The van der Waals surface area contributed by atoms with Crippen molar-refractivity contribution in [1.29, 1.82) is 0 Å². The molecule has 0 saturated heterocycles. The second-order valence-electron chi connectivity index (χ2n) is 5.06. The summed E-state index contributed by atoms with van der Waals surface area (Å²) in [6.07, 6.45) is 1.63. The number of methoxy groups -OCH3 is 1. The van der Waals surface area contributed by atoms with Gasteiger partial charge in [-0.1, -0.05) is 23.4 Å². The predicted octanol–water partition coefficient (Wildman–Crippen LogP) is 4.73. The van der Waals surface area contributed by atoms with Gasteiger partial charge in [-0.15, -0.1) is 0 Å². The Morgan fingerprint density at radius 3 is 2.60 bits per heavy atom. The van der Waals surface area contributed by atoms with E-state index < -0.39 is 0 Å². The molecular formula is C18H15ClN2O3S. The molecule has 1 amide bonds. The SMILES string of the molecule is COc1ccc(NC(=O)CSc2ncc(-c3ccc(Cl)cc3)o2)cc1. The Labute approximate surface area is 154 Å². The lowest BCUT2D eigenvalue weighted by molar-refractivity contribution is -0.113. The van der Waals surface area contributed by atoms with E-state index in [9.17, 15) is 4.79 Å². The molecule has 0 aliphatic rings. The van der Waals surface area contributed by atoms with Crippen LogP contribution in [0.25, 0.3) is 11.3 Å². The van der Waals surface area contributed by atoms with Crippen LogP contribution < -0.4 is 10.1 Å². The maximum absolute atomic E-state index is 12.0. The van der Waals surface area contributed by atoms with Crippen LogP contribution in [0.15, 0.2) is 64.4 Å². The summed E-state index contributed by atoms with van der Waals surface area (Å²) in [5.74, 6) is 1.44. The molecule has 3 rings (SSSR count). The highest BCUT2D eigenvalue weighted by Crippen LogP contribution is 2.26. The summed E-state index contributed by atoms with van der Waals surface area (Å²) in [6, 6.07) is 14.4. The zero-order valence-corrected chi connectivity index (χ0v) is 14.9. The molecule has 0 bridgehead atoms. The smallest absolute Gasteiger partial charge is 0.256 e. The Morgan fingerprint density at radius 2 is 1.92 bits per heavy atom. The number of nitrogens with one attached hydrogen (secondary N) is 1. The van der Waals surface area contributed by atoms with Crippen molar-refractivity contribution in [3.05, 3.63) is 59.8 Å². The van der Waals surface area contributed by atoms with Crippen LogP contribution in [0.2, 0.25) is 5.02 Å². The Bertz CT molecular complexity index is 848. The Morgan fingerprint density at radius 1 is 1.20 bits per heavy atom. The van der Waals surface area contributed by atoms with Gasteiger partial charge in [0.15, 0.2) is 5.76 Å². The number of hydrogen-bond acceptors (Lipinski definition) is 5. The monoisotopic (exact) mass is 374 g/mol. The maximum atomic E-state index is 12.0. The number of oxazole rings is 1. The van der Waals surface area contributed by atoms with Crippen molar-refractivity contribution in [1.82, 2.24) is 4.98 Å². The number of hydrogen-bond donors (Lipinski definition) is 1. The summed E-state index contributed by atoms with van der Waals surface area (Å²) < 4.78 is 10.7. The van der Waals surface area contributed by atoms with Crippen molar-refractivity contribution in [2.45, 2.75) is 5.22 Å². The molecule has 25 heavy (non-hydrogen) atoms. The highest BCUT2D eigenvalue weighted by Gasteiger charge is 2.10. The van der Waals surface area contributed by atoms with Gasteiger partial charge in [-0.3, -0.25) is 4.79 Å². The predicted molar refractivity (Wildman–Crippen MR) is 99.3 cm³/mol. The molecule has 0 radical (unpaired) electrons. The highest BCUT2D eigenvalue weighted by molar-refractivity contribution is 7.99. The van der Waals surface area contributed by atoms with E-state index in [0.29, 0.717) is 21.7 Å². The number of ether oxygens (including phenoxy) is 1. The quantitative estimate of drug-likeness (QED) is 0.631. The summed E-state index contributed by atoms with van der Waals surface area (Å²) in [6.45, 7) is 0. The van der Waals surface area contributed by atoms with Gasteiger partial charge in [0.1, 0.15) is 5.75 Å². The van der Waals surface area contributed by atoms with Crippen LogP contribution in [0.3, 0.4) is 0 Å². The number of nitrogens with zero attached hydrogens (tertiary/aromatic N) is 1. The maximum Gasteiger partial charge on any atom is 0.256 e. The molecule has 0 fully saturated rings. The molecule has 2 aromatic carbocycles. The molecular weight excluding hydrogens is 360 g/mol. The van der Waals surface area contributed by atoms with Crippen molar-refractivity contribution in [3.8, 4) is 17.1 Å². The average Bonchev–Trinajstić information content (AvgIpc) is 3.10. The van der Waals surface area contributed by atoms with Crippen LogP contribution in [-0.2, 0) is 4.79 Å². The summed E-state index contributed by atoms with van der Waals surface area (Å²) in [7, 11) is 1.60. The van der Waals surface area contributed by atoms with Crippen LogP contribution in [0.1, 0.15) is 0 Å². The Kier molecular flexibility index (Phi) is 5.63. The van der Waals surface area contributed by atoms with E-state index in [-0.39, 0.29) is 11.7 Å². The highest BCUT2D eigenvalue weighted by atomic mass is 35.5. The van der Waals surface area contributed by atoms with E-state index >= 15 is 0 Å². The van der Waals surface area contributed by atoms with E-state index in [2.05, 4.69) is 10.3 Å². The zero-order valence-electron chi connectivity index (χ0n) is 13.4. The summed E-state index contributed by atoms with van der Waals surface area (Å²) in [4.78, 5) is 16.2. The summed E-state index contributed by atoms with van der Waals surface area (Å²) in [5.41, 5.74) is 1.59. The summed E-state index contributed by atoms with van der Waals surface area (Å²) >= 11 is 7.10. The number of rotatable bonds is 6. The fourth-order valence-electron chi connectivity index (χ4n) is 2.07. The molecule has 0 saturated carbocycles. The molecule has 0 atom stereocenters. The number of carbonyl (C=O) groups excluding carboxylic acids is 1. The Hall–Kier alpha value is -2.44. The van der Waals surface area contributed by atoms with Crippen LogP contribution >= 0.6 is 23.4 Å². The van der Waals surface area contributed by atoms with Crippen molar-refractivity contribution < 1.29 is 13.9 Å². The lowest BCUT2D eigenvalue weighted by Gasteiger charge is -2.05. The van der Waals surface area contributed by atoms with Gasteiger partial charge in [0, 0.05) is 16.3 Å². The number of halogens is 1. The van der Waals surface area contributed by atoms with Gasteiger partial charge in [0.25, 0.3) is 5.22 Å². The van der Waals surface area contributed by atoms with E-state index in [0.717, 1.165) is 11.3 Å². The second kappa shape index (κ2) is 8.09. The third-order valence-corrected chi connectivity index (χ3v) is 4.41. The standard InChI is InChI=1S/C18H15ClN2O3S/c1-23-15-8-6-14(7-9-15)21-17(22)11-25-18-20-10-16(24-18)12-2-4-13(19)5-3-12/h2-10H,11H2,1H3,(H,21,22). The molecule has 3 aromatic rings. The van der Waals surface area contributed by atoms with E-state index in [1.807, 2.05) is 12.1 Å². The van der Waals surface area contributed by atoms with Gasteiger partial charge in [0.05, 0.1) is 19.1 Å². The van der Waals surface area contributed by atoms with Gasteiger partial charge in [-0.05, 0) is 48.5 Å². The Balaban J connectivity index is 1.54. The van der Waals surface area contributed by atoms with Crippen LogP contribution in [0, 0.1) is 0 Å². The minimum absolute atomic E-state index is 0.138. The topological polar surface area (TPSA) is 64.4 Å². The first kappa shape index (κ1) is 17.4. The molecule has 1 heterocycles. The molecule has 128 valence electrons. The minimum atomic E-state index is -0.138. The minimum Gasteiger partial charge on any atom is -0.497 e. The van der Waals surface area contributed by atoms with Gasteiger partial charge in [-0.25, -0.2) is 4.98 Å². The van der Waals surface area contributed by atoms with Gasteiger partial charge in [0.2, 0.25) is 5.91 Å². The number of benzene rings is 2. The zero-order chi connectivity index (χ0) is 17.6. The molecule has 0 spiro atoms. The fourth-order valence-corrected chi connectivity index (χ4v) is 2.80. The molecule has 0 aliphatic carbocycles. The molecule has 1 N–H and O–H groups in total. The number of amides is 1. The van der Waals surface area contributed by atoms with Crippen molar-refractivity contribution in [2.75, 3.05) is 18.2 Å². The molecule has 1 aromatic heterocycles. The third-order valence-electron chi connectivity index (χ3n) is 3.31. The van der Waals surface area contributed by atoms with Gasteiger partial charge >= 0.3 is 0 Å². The number of carbonyl (C=O) groups is 1. The van der Waals surface area contributed by atoms with E-state index in [1.54, 1.807) is 49.7 Å². The van der Waals surface area contributed by atoms with E-state index in [4.69, 9.17) is 20.8 Å². The van der Waals surface area contributed by atoms with Crippen molar-refractivity contribution in [3.63, 3.8) is 0 Å². The molecule has 0 unspecified atom stereocenters. The summed E-state index contributed by atoms with van der Waals surface area (Å²) in [5, 5.41) is 3.91. The van der Waals surface area contributed by atoms with Crippen LogP contribution in [-0.4, -0.2) is 23.8 Å². The number of thioether (sulfide) groups is 1. The molecule has 5 nitrogen and oxygen atoms in total. The fraction of sp³-hybridized carbons (Fsp3) is 0.111. The lowest BCUT2D eigenvalue weighted by atomic mass is 10.2. The largest absolute Gasteiger partial charge is 0.497 e. The lowest BCUT2D eigenvalue weighted by Crippen LogP contribution is -2.13. The van der Waals surface area contributed by atoms with Crippen molar-refractivity contribution in [2.24, 2.45) is 0 Å². The first-order chi connectivity index (χ1) is 12.1.